The number of ether oxygens (including phenoxy) is 1. The number of allylic oxidation sites excluding steroid dienone is 1. The van der Waals surface area contributed by atoms with Crippen LogP contribution in [0.5, 0.6) is 0 Å². The zero-order valence-corrected chi connectivity index (χ0v) is 33.9. The highest BCUT2D eigenvalue weighted by Gasteiger charge is 2.71. The van der Waals surface area contributed by atoms with E-state index in [-0.39, 0.29) is 70.2 Å². The van der Waals surface area contributed by atoms with Crippen LogP contribution in [0.2, 0.25) is 0 Å². The Morgan fingerprint density at radius 3 is 2.14 bits per heavy atom. The Morgan fingerprint density at radius 1 is 0.902 bits per heavy atom. The highest BCUT2D eigenvalue weighted by atomic mass is 16.5. The minimum atomic E-state index is -1.17. The molecular formula is C43H69NO7. The van der Waals surface area contributed by atoms with Crippen molar-refractivity contribution < 1.29 is 34.1 Å². The molecule has 0 aliphatic heterocycles. The second-order valence-electron chi connectivity index (χ2n) is 20.4. The van der Waals surface area contributed by atoms with Gasteiger partial charge in [0.25, 0.3) is 0 Å². The highest BCUT2D eigenvalue weighted by Crippen LogP contribution is 2.77. The van der Waals surface area contributed by atoms with E-state index < -0.39 is 28.9 Å². The van der Waals surface area contributed by atoms with Gasteiger partial charge in [0, 0.05) is 37.3 Å². The molecule has 0 aromatic carbocycles. The SMILES string of the molecule is CC(C)CC(=O)N(C)CC(O)C12CC[C@]3(C)[C@H](CC[C@@H]4[C@@]5(C)CC[C@H](OC(=O)CC(C)(C)C(=O)O)C(C)(C)[C@@H]5CC[C@]43C)C1=C(C(C)C)C(=O)C2. The molecule has 8 nitrogen and oxygen atoms in total. The lowest BCUT2D eigenvalue weighted by Gasteiger charge is -2.72. The van der Waals surface area contributed by atoms with E-state index in [1.807, 2.05) is 13.8 Å². The smallest absolute Gasteiger partial charge is 0.309 e. The van der Waals surface area contributed by atoms with Gasteiger partial charge < -0.3 is 19.8 Å². The van der Waals surface area contributed by atoms with Gasteiger partial charge in [0.1, 0.15) is 6.10 Å². The van der Waals surface area contributed by atoms with E-state index in [0.717, 1.165) is 56.9 Å². The summed E-state index contributed by atoms with van der Waals surface area (Å²) in [6, 6.07) is 0. The Kier molecular flexibility index (Phi) is 10.4. The largest absolute Gasteiger partial charge is 0.481 e. The van der Waals surface area contributed by atoms with Crippen LogP contribution < -0.4 is 0 Å². The molecule has 0 heterocycles. The number of Topliss-reactive ketones (excluding diaryl/α,β-unsaturated/α-hetero) is 1. The van der Waals surface area contributed by atoms with Gasteiger partial charge >= 0.3 is 11.9 Å². The first-order valence-corrected chi connectivity index (χ1v) is 20.0. The van der Waals surface area contributed by atoms with E-state index in [2.05, 4.69) is 48.5 Å². The number of hydrogen-bond donors (Lipinski definition) is 2. The van der Waals surface area contributed by atoms with E-state index in [0.29, 0.717) is 24.7 Å². The fourth-order valence-electron chi connectivity index (χ4n) is 13.0. The summed E-state index contributed by atoms with van der Waals surface area (Å²) in [6.07, 6.45) is 7.13. The van der Waals surface area contributed by atoms with Crippen molar-refractivity contribution in [2.75, 3.05) is 13.6 Å². The molecule has 2 N–H and O–H groups in total. The lowest BCUT2D eigenvalue weighted by atomic mass is 9.33. The predicted molar refractivity (Wildman–Crippen MR) is 198 cm³/mol. The molecular weight excluding hydrogens is 642 g/mol. The topological polar surface area (TPSA) is 121 Å². The molecule has 5 rings (SSSR count). The molecule has 2 unspecified atom stereocenters. The Morgan fingerprint density at radius 2 is 1.55 bits per heavy atom. The predicted octanol–water partition coefficient (Wildman–Crippen LogP) is 8.25. The Hall–Kier alpha value is -2.22. The first kappa shape index (κ1) is 40.0. The summed E-state index contributed by atoms with van der Waals surface area (Å²) in [4.78, 5) is 53.5. The maximum atomic E-state index is 14.0. The maximum Gasteiger partial charge on any atom is 0.309 e. The molecule has 0 spiro atoms. The van der Waals surface area contributed by atoms with E-state index in [9.17, 15) is 29.4 Å². The fourth-order valence-corrected chi connectivity index (χ4v) is 13.0. The first-order chi connectivity index (χ1) is 23.4. The third-order valence-corrected chi connectivity index (χ3v) is 16.0. The maximum absolute atomic E-state index is 14.0. The van der Waals surface area contributed by atoms with Crippen molar-refractivity contribution in [3.63, 3.8) is 0 Å². The molecule has 5 aliphatic carbocycles. The van der Waals surface area contributed by atoms with Crippen LogP contribution >= 0.6 is 0 Å². The number of nitrogens with zero attached hydrogens (tertiary/aromatic N) is 1. The number of carboxylic acid groups (broad SMARTS) is 1. The monoisotopic (exact) mass is 712 g/mol. The normalized spacial score (nSPS) is 38.1. The summed E-state index contributed by atoms with van der Waals surface area (Å²) < 4.78 is 6.15. The van der Waals surface area contributed by atoms with Crippen molar-refractivity contribution in [1.82, 2.24) is 4.90 Å². The molecule has 8 heteroatoms. The minimum Gasteiger partial charge on any atom is -0.481 e. The number of carbonyl (C=O) groups excluding carboxylic acids is 3. The van der Waals surface area contributed by atoms with Gasteiger partial charge in [-0.05, 0) is 117 Å². The summed E-state index contributed by atoms with van der Waals surface area (Å²) in [6.45, 7) is 23.8. The molecule has 4 fully saturated rings. The van der Waals surface area contributed by atoms with Crippen LogP contribution in [0.15, 0.2) is 11.1 Å². The number of carboxylic acids is 1. The van der Waals surface area contributed by atoms with Gasteiger partial charge in [-0.3, -0.25) is 19.2 Å². The average molecular weight is 712 g/mol. The van der Waals surface area contributed by atoms with Crippen LogP contribution in [0.3, 0.4) is 0 Å². The van der Waals surface area contributed by atoms with Crippen LogP contribution in [0.25, 0.3) is 0 Å². The van der Waals surface area contributed by atoms with Crippen LogP contribution in [-0.4, -0.2) is 64.5 Å². The quantitative estimate of drug-likeness (QED) is 0.219. The van der Waals surface area contributed by atoms with E-state index >= 15 is 0 Å². The number of esters is 1. The molecule has 51 heavy (non-hydrogen) atoms. The molecule has 1 amide bonds. The van der Waals surface area contributed by atoms with Gasteiger partial charge in [-0.15, -0.1) is 0 Å². The molecule has 0 aromatic heterocycles. The second-order valence-corrected chi connectivity index (χ2v) is 20.4. The van der Waals surface area contributed by atoms with Crippen molar-refractivity contribution in [1.29, 1.82) is 0 Å². The van der Waals surface area contributed by atoms with Crippen molar-refractivity contribution >= 4 is 23.6 Å². The third-order valence-electron chi connectivity index (χ3n) is 16.0. The van der Waals surface area contributed by atoms with Gasteiger partial charge in [0.2, 0.25) is 5.91 Å². The Labute approximate surface area is 307 Å². The number of aliphatic carboxylic acids is 1. The first-order valence-electron chi connectivity index (χ1n) is 20.0. The Bertz CT molecular complexity index is 1460. The van der Waals surface area contributed by atoms with Crippen molar-refractivity contribution in [2.45, 2.75) is 159 Å². The number of hydrogen-bond acceptors (Lipinski definition) is 6. The van der Waals surface area contributed by atoms with Crippen LogP contribution in [0.4, 0.5) is 0 Å². The summed E-state index contributed by atoms with van der Waals surface area (Å²) >= 11 is 0. The number of carbonyl (C=O) groups is 4. The highest BCUT2D eigenvalue weighted by molar-refractivity contribution is 6.00. The number of aliphatic hydroxyl groups excluding tert-OH is 1. The van der Waals surface area contributed by atoms with E-state index in [1.165, 1.54) is 5.57 Å². The molecule has 5 aliphatic rings. The van der Waals surface area contributed by atoms with Gasteiger partial charge in [-0.25, -0.2) is 0 Å². The Balaban J connectivity index is 1.45. The van der Waals surface area contributed by atoms with Crippen molar-refractivity contribution in [2.24, 2.45) is 62.1 Å². The summed E-state index contributed by atoms with van der Waals surface area (Å²) in [5, 5.41) is 21.8. The summed E-state index contributed by atoms with van der Waals surface area (Å²) in [5.74, 6) is 0.116. The van der Waals surface area contributed by atoms with Gasteiger partial charge in [-0.1, -0.05) is 67.9 Å². The second kappa shape index (κ2) is 13.3. The van der Waals surface area contributed by atoms with Crippen LogP contribution in [0.1, 0.15) is 147 Å². The van der Waals surface area contributed by atoms with Crippen LogP contribution in [-0.2, 0) is 23.9 Å². The molecule has 4 saturated carbocycles. The fraction of sp³-hybridized carbons (Fsp3) is 0.860. The molecule has 288 valence electrons. The lowest BCUT2D eigenvalue weighted by Crippen LogP contribution is -2.66. The third kappa shape index (κ3) is 6.23. The van der Waals surface area contributed by atoms with Gasteiger partial charge in [0.05, 0.1) is 17.9 Å². The molecule has 9 atom stereocenters. The van der Waals surface area contributed by atoms with Gasteiger partial charge in [-0.2, -0.15) is 0 Å². The molecule has 0 saturated heterocycles. The number of likely N-dealkylation sites (N-methyl/N-ethyl adjacent to an activating group) is 1. The number of aliphatic hydroxyl groups is 1. The number of rotatable bonds is 10. The minimum absolute atomic E-state index is 0.0220. The molecule has 0 aromatic rings. The average Bonchev–Trinajstić information content (AvgIpc) is 3.31. The summed E-state index contributed by atoms with van der Waals surface area (Å²) in [5.41, 5.74) is 0.119. The van der Waals surface area contributed by atoms with Crippen molar-refractivity contribution in [3.05, 3.63) is 11.1 Å². The van der Waals surface area contributed by atoms with Crippen molar-refractivity contribution in [3.8, 4) is 0 Å². The lowest BCUT2D eigenvalue weighted by molar-refractivity contribution is -0.235. The number of amides is 1. The zero-order chi connectivity index (χ0) is 38.3. The van der Waals surface area contributed by atoms with Crippen LogP contribution in [0, 0.1) is 62.1 Å². The van der Waals surface area contributed by atoms with E-state index in [1.54, 1.807) is 25.8 Å². The summed E-state index contributed by atoms with van der Waals surface area (Å²) in [7, 11) is 1.79. The molecule has 0 bridgehead atoms. The zero-order valence-electron chi connectivity index (χ0n) is 33.9. The standard InChI is InChI=1S/C43H69NO7/c1-25(2)21-33(47)44(12)24-31(46)43-20-19-41(10)27(36(43)35(26(3)4)28(45)22-43)13-14-30-40(9)17-16-32(51-34(48)23-38(5,6)37(49)50)39(7,8)29(40)15-18-42(30,41)11/h25-27,29-32,46H,13-24H2,1-12H3,(H,49,50)/t27-,29+,30-,31?,32+,40+,41-,42-,43?/m1/s1. The molecule has 0 radical (unpaired) electrons. The number of fused-ring (bicyclic) bond motifs is 7. The van der Waals surface area contributed by atoms with Gasteiger partial charge in [0.15, 0.2) is 5.78 Å². The van der Waals surface area contributed by atoms with E-state index in [4.69, 9.17) is 4.74 Å². The number of ketones is 1.